The number of unbranched alkanes of at least 4 members (excludes halogenated alkanes) is 1. The molecule has 4 aromatic rings. The molecular formula is C28H19F5O. The van der Waals surface area contributed by atoms with Crippen LogP contribution in [0, 0.1) is 40.9 Å². The van der Waals surface area contributed by atoms with Gasteiger partial charge in [-0.05, 0) is 59.8 Å². The van der Waals surface area contributed by atoms with Crippen LogP contribution in [0.4, 0.5) is 22.0 Å². The summed E-state index contributed by atoms with van der Waals surface area (Å²) in [6.45, 7) is 2.46. The second-order valence-electron chi connectivity index (χ2n) is 7.71. The SMILES string of the molecule is CCCCOc1ccc(-c2cc(F)c(C#Cc3ccc4c(F)c(F)ccc4c3)c(F)c2)c(F)c1. The Hall–Kier alpha value is -3.85. The summed E-state index contributed by atoms with van der Waals surface area (Å²) in [5.74, 6) is 0.923. The van der Waals surface area contributed by atoms with E-state index in [1.807, 2.05) is 6.92 Å². The lowest BCUT2D eigenvalue weighted by Gasteiger charge is -2.09. The first-order valence-electron chi connectivity index (χ1n) is 10.7. The fourth-order valence-electron chi connectivity index (χ4n) is 3.48. The van der Waals surface area contributed by atoms with E-state index in [-0.39, 0.29) is 16.5 Å². The molecule has 0 bridgehead atoms. The summed E-state index contributed by atoms with van der Waals surface area (Å²) in [4.78, 5) is 0. The van der Waals surface area contributed by atoms with E-state index in [4.69, 9.17) is 4.74 Å². The zero-order valence-corrected chi connectivity index (χ0v) is 18.2. The van der Waals surface area contributed by atoms with Crippen LogP contribution in [0.2, 0.25) is 0 Å². The number of hydrogen-bond donors (Lipinski definition) is 0. The van der Waals surface area contributed by atoms with Gasteiger partial charge in [-0.15, -0.1) is 0 Å². The van der Waals surface area contributed by atoms with Gasteiger partial charge in [-0.2, -0.15) is 0 Å². The lowest BCUT2D eigenvalue weighted by molar-refractivity contribution is 0.308. The van der Waals surface area contributed by atoms with Gasteiger partial charge in [0, 0.05) is 22.6 Å². The first-order valence-corrected chi connectivity index (χ1v) is 10.7. The lowest BCUT2D eigenvalue weighted by atomic mass is 10.0. The monoisotopic (exact) mass is 466 g/mol. The topological polar surface area (TPSA) is 9.23 Å². The van der Waals surface area contributed by atoms with Crippen molar-refractivity contribution in [2.45, 2.75) is 19.8 Å². The lowest BCUT2D eigenvalue weighted by Crippen LogP contribution is -1.98. The quantitative estimate of drug-likeness (QED) is 0.166. The average molecular weight is 466 g/mol. The van der Waals surface area contributed by atoms with Crippen molar-refractivity contribution >= 4 is 10.8 Å². The molecule has 34 heavy (non-hydrogen) atoms. The Kier molecular flexibility index (Phi) is 6.83. The molecule has 0 aliphatic carbocycles. The van der Waals surface area contributed by atoms with Crippen LogP contribution in [0.5, 0.6) is 5.75 Å². The van der Waals surface area contributed by atoms with Crippen LogP contribution in [0.1, 0.15) is 30.9 Å². The summed E-state index contributed by atoms with van der Waals surface area (Å²) in [7, 11) is 0. The predicted molar refractivity (Wildman–Crippen MR) is 122 cm³/mol. The second-order valence-corrected chi connectivity index (χ2v) is 7.71. The molecule has 0 atom stereocenters. The van der Waals surface area contributed by atoms with Gasteiger partial charge in [0.05, 0.1) is 12.2 Å². The highest BCUT2D eigenvalue weighted by atomic mass is 19.2. The molecule has 0 heterocycles. The van der Waals surface area contributed by atoms with E-state index in [0.29, 0.717) is 23.3 Å². The molecule has 0 fully saturated rings. The van der Waals surface area contributed by atoms with Crippen molar-refractivity contribution < 1.29 is 26.7 Å². The molecule has 0 N–H and O–H groups in total. The van der Waals surface area contributed by atoms with Gasteiger partial charge in [-0.25, -0.2) is 22.0 Å². The predicted octanol–water partition coefficient (Wildman–Crippen LogP) is 7.78. The first-order chi connectivity index (χ1) is 16.4. The van der Waals surface area contributed by atoms with E-state index in [1.54, 1.807) is 6.07 Å². The van der Waals surface area contributed by atoms with Crippen LogP contribution >= 0.6 is 0 Å². The number of ether oxygens (including phenoxy) is 1. The fraction of sp³-hybridized carbons (Fsp3) is 0.143. The Morgan fingerprint density at radius 1 is 0.735 bits per heavy atom. The summed E-state index contributed by atoms with van der Waals surface area (Å²) in [6, 6.07) is 12.8. The van der Waals surface area contributed by atoms with Gasteiger partial charge < -0.3 is 4.74 Å². The smallest absolute Gasteiger partial charge is 0.166 e. The largest absolute Gasteiger partial charge is 0.493 e. The maximum Gasteiger partial charge on any atom is 0.166 e. The maximum absolute atomic E-state index is 14.7. The Labute approximate surface area is 193 Å². The highest BCUT2D eigenvalue weighted by Crippen LogP contribution is 2.29. The molecule has 0 radical (unpaired) electrons. The normalized spacial score (nSPS) is 10.8. The Balaban J connectivity index is 1.62. The van der Waals surface area contributed by atoms with E-state index in [0.717, 1.165) is 31.0 Å². The van der Waals surface area contributed by atoms with E-state index in [1.165, 1.54) is 36.4 Å². The molecule has 4 rings (SSSR count). The average Bonchev–Trinajstić information content (AvgIpc) is 2.81. The molecule has 0 aromatic heterocycles. The summed E-state index contributed by atoms with van der Waals surface area (Å²) in [5, 5.41) is 0.482. The number of benzene rings is 4. The van der Waals surface area contributed by atoms with Gasteiger partial charge in [0.15, 0.2) is 11.6 Å². The van der Waals surface area contributed by atoms with Crippen molar-refractivity contribution in [1.82, 2.24) is 0 Å². The van der Waals surface area contributed by atoms with Gasteiger partial charge in [-0.1, -0.05) is 37.3 Å². The highest BCUT2D eigenvalue weighted by Gasteiger charge is 2.14. The third-order valence-corrected chi connectivity index (χ3v) is 5.30. The van der Waals surface area contributed by atoms with Crippen molar-refractivity contribution in [3.63, 3.8) is 0 Å². The minimum atomic E-state index is -0.975. The molecule has 0 spiro atoms. The van der Waals surface area contributed by atoms with Crippen molar-refractivity contribution in [1.29, 1.82) is 0 Å². The molecule has 0 saturated heterocycles. The Bertz CT molecular complexity index is 1410. The van der Waals surface area contributed by atoms with Gasteiger partial charge in [0.2, 0.25) is 0 Å². The number of hydrogen-bond acceptors (Lipinski definition) is 1. The van der Waals surface area contributed by atoms with E-state index >= 15 is 0 Å². The first kappa shape index (κ1) is 23.3. The molecule has 1 nitrogen and oxygen atoms in total. The third-order valence-electron chi connectivity index (χ3n) is 5.30. The molecule has 0 saturated carbocycles. The van der Waals surface area contributed by atoms with Crippen molar-refractivity contribution in [3.8, 4) is 28.7 Å². The van der Waals surface area contributed by atoms with Gasteiger partial charge in [0.25, 0.3) is 0 Å². The van der Waals surface area contributed by atoms with E-state index in [2.05, 4.69) is 11.8 Å². The molecule has 6 heteroatoms. The number of fused-ring (bicyclic) bond motifs is 1. The zero-order chi connectivity index (χ0) is 24.2. The van der Waals surface area contributed by atoms with Gasteiger partial charge in [0.1, 0.15) is 23.2 Å². The van der Waals surface area contributed by atoms with Crippen molar-refractivity contribution in [3.05, 3.63) is 101 Å². The minimum absolute atomic E-state index is 0.0290. The summed E-state index contributed by atoms with van der Waals surface area (Å²) in [6.07, 6.45) is 1.77. The number of rotatable bonds is 5. The second kappa shape index (κ2) is 9.96. The molecule has 0 aliphatic rings. The van der Waals surface area contributed by atoms with Crippen molar-refractivity contribution in [2.75, 3.05) is 6.61 Å². The Morgan fingerprint density at radius 2 is 1.50 bits per heavy atom. The molecule has 0 aliphatic heterocycles. The van der Waals surface area contributed by atoms with Crippen LogP contribution < -0.4 is 4.74 Å². The fourth-order valence-corrected chi connectivity index (χ4v) is 3.48. The third kappa shape index (κ3) is 4.89. The highest BCUT2D eigenvalue weighted by molar-refractivity contribution is 5.84. The molecule has 4 aromatic carbocycles. The van der Waals surface area contributed by atoms with Crippen LogP contribution in [-0.4, -0.2) is 6.61 Å². The van der Waals surface area contributed by atoms with Crippen LogP contribution in [0.25, 0.3) is 21.9 Å². The van der Waals surface area contributed by atoms with Gasteiger partial charge in [-0.3, -0.25) is 0 Å². The molecule has 0 amide bonds. The summed E-state index contributed by atoms with van der Waals surface area (Å²) >= 11 is 0. The summed E-state index contributed by atoms with van der Waals surface area (Å²) in [5.41, 5.74) is -0.0505. The van der Waals surface area contributed by atoms with Crippen LogP contribution in [0.3, 0.4) is 0 Å². The molecular weight excluding hydrogens is 447 g/mol. The van der Waals surface area contributed by atoms with Crippen molar-refractivity contribution in [2.24, 2.45) is 0 Å². The van der Waals surface area contributed by atoms with E-state index < -0.39 is 34.6 Å². The summed E-state index contributed by atoms with van der Waals surface area (Å²) < 4.78 is 76.6. The minimum Gasteiger partial charge on any atom is -0.493 e. The Morgan fingerprint density at radius 3 is 2.21 bits per heavy atom. The standard InChI is InChI=1S/C28H19F5O/c1-2-3-12-34-20-7-10-21(27(32)16-20)19-14-25(30)23(26(31)15-19)9-5-17-4-8-22-18(13-17)6-11-24(29)28(22)33/h4,6-8,10-11,13-16H,2-3,12H2,1H3. The van der Waals surface area contributed by atoms with Gasteiger partial charge >= 0.3 is 0 Å². The molecule has 172 valence electrons. The van der Waals surface area contributed by atoms with Crippen LogP contribution in [-0.2, 0) is 0 Å². The zero-order valence-electron chi connectivity index (χ0n) is 18.2. The maximum atomic E-state index is 14.7. The van der Waals surface area contributed by atoms with Crippen LogP contribution in [0.15, 0.2) is 60.7 Å². The van der Waals surface area contributed by atoms with E-state index in [9.17, 15) is 22.0 Å². The molecule has 0 unspecified atom stereocenters. The number of halogens is 5.